The predicted molar refractivity (Wildman–Crippen MR) is 147 cm³/mol. The Bertz CT molecular complexity index is 1430. The first kappa shape index (κ1) is 27.6. The van der Waals surface area contributed by atoms with Gasteiger partial charge in [0.05, 0.1) is 24.3 Å². The number of halogens is 2. The molecular weight excluding hydrogens is 551 g/mol. The van der Waals surface area contributed by atoms with Crippen molar-refractivity contribution in [1.82, 2.24) is 14.8 Å². The number of rotatable bonds is 11. The number of aromatic nitrogens is 3. The van der Waals surface area contributed by atoms with Crippen molar-refractivity contribution in [2.45, 2.75) is 23.9 Å². The highest BCUT2D eigenvalue weighted by Crippen LogP contribution is 2.40. The fourth-order valence-electron chi connectivity index (χ4n) is 3.72. The Hall–Kier alpha value is -3.47. The smallest absolute Gasteiger partial charge is 0.220 e. The minimum absolute atomic E-state index is 0.240. The highest BCUT2D eigenvalue weighted by molar-refractivity contribution is 7.99. The summed E-state index contributed by atoms with van der Waals surface area (Å²) in [4.78, 5) is 11.2. The van der Waals surface area contributed by atoms with Gasteiger partial charge >= 0.3 is 0 Å². The molecule has 0 fully saturated rings. The van der Waals surface area contributed by atoms with Gasteiger partial charge in [0, 0.05) is 10.6 Å². The molecule has 0 radical (unpaired) electrons. The van der Waals surface area contributed by atoms with Crippen LogP contribution in [-0.4, -0.2) is 40.5 Å². The van der Waals surface area contributed by atoms with Gasteiger partial charge in [-0.25, -0.2) is 0 Å². The van der Waals surface area contributed by atoms with E-state index in [1.807, 2.05) is 41.8 Å². The van der Waals surface area contributed by atoms with E-state index in [1.165, 1.54) is 18.9 Å². The molecule has 3 aromatic carbocycles. The Morgan fingerprint density at radius 2 is 1.74 bits per heavy atom. The number of ether oxygens (including phenoxy) is 3. The standard InChI is InChI=1S/C26H24Cl2N4O5S/c1-16-29-30-26(32(16)19-6-8-20(35-2)9-7-19)38-25(14-31(33)34)18-5-11-23(24(13-18)36-3)37-15-17-4-10-21(27)22(28)12-17/h4-13,25H,14-15H2,1-3H3/t25-/m1/s1. The fraction of sp³-hybridized carbons (Fsp3) is 0.231. The molecule has 0 unspecified atom stereocenters. The number of nitrogens with zero attached hydrogens (tertiary/aromatic N) is 4. The lowest BCUT2D eigenvalue weighted by Crippen LogP contribution is -2.11. The van der Waals surface area contributed by atoms with E-state index >= 15 is 0 Å². The number of methoxy groups -OCH3 is 2. The van der Waals surface area contributed by atoms with Crippen LogP contribution in [0.1, 0.15) is 22.2 Å². The van der Waals surface area contributed by atoms with Crippen molar-refractivity contribution in [2.24, 2.45) is 0 Å². The van der Waals surface area contributed by atoms with Crippen molar-refractivity contribution < 1.29 is 19.1 Å². The van der Waals surface area contributed by atoms with E-state index in [1.54, 1.807) is 37.4 Å². The lowest BCUT2D eigenvalue weighted by Gasteiger charge is -2.17. The first-order valence-corrected chi connectivity index (χ1v) is 13.0. The summed E-state index contributed by atoms with van der Waals surface area (Å²) < 4.78 is 18.6. The third-order valence-corrected chi connectivity index (χ3v) is 7.55. The molecule has 198 valence electrons. The van der Waals surface area contributed by atoms with Crippen molar-refractivity contribution in [1.29, 1.82) is 0 Å². The zero-order valence-electron chi connectivity index (χ0n) is 20.8. The quantitative estimate of drug-likeness (QED) is 0.112. The summed E-state index contributed by atoms with van der Waals surface area (Å²) in [6, 6.07) is 17.9. The van der Waals surface area contributed by atoms with E-state index in [9.17, 15) is 10.1 Å². The number of nitro groups is 1. The maximum atomic E-state index is 11.6. The summed E-state index contributed by atoms with van der Waals surface area (Å²) in [7, 11) is 3.12. The van der Waals surface area contributed by atoms with E-state index in [0.717, 1.165) is 11.3 Å². The van der Waals surface area contributed by atoms with Crippen molar-refractivity contribution in [3.63, 3.8) is 0 Å². The molecule has 1 aromatic heterocycles. The average Bonchev–Trinajstić information content (AvgIpc) is 3.28. The van der Waals surface area contributed by atoms with Crippen LogP contribution in [-0.2, 0) is 6.61 Å². The van der Waals surface area contributed by atoms with Crippen LogP contribution >= 0.6 is 35.0 Å². The molecule has 0 N–H and O–H groups in total. The first-order valence-electron chi connectivity index (χ1n) is 11.4. The van der Waals surface area contributed by atoms with E-state index in [4.69, 9.17) is 37.4 Å². The molecular formula is C26H24Cl2N4O5S. The summed E-state index contributed by atoms with van der Waals surface area (Å²) in [5, 5.41) is 20.9. The van der Waals surface area contributed by atoms with Crippen LogP contribution in [0.2, 0.25) is 10.0 Å². The van der Waals surface area contributed by atoms with E-state index < -0.39 is 5.25 Å². The van der Waals surface area contributed by atoms with Gasteiger partial charge in [0.25, 0.3) is 0 Å². The lowest BCUT2D eigenvalue weighted by molar-refractivity contribution is -0.479. The first-order chi connectivity index (χ1) is 18.3. The number of hydrogen-bond donors (Lipinski definition) is 0. The third-order valence-electron chi connectivity index (χ3n) is 5.63. The molecule has 0 spiro atoms. The van der Waals surface area contributed by atoms with Crippen LogP contribution in [0.3, 0.4) is 0 Å². The summed E-state index contributed by atoms with van der Waals surface area (Å²) in [5.74, 6) is 2.31. The topological polar surface area (TPSA) is 102 Å². The molecule has 12 heteroatoms. The van der Waals surface area contributed by atoms with Gasteiger partial charge in [-0.15, -0.1) is 10.2 Å². The van der Waals surface area contributed by atoms with E-state index in [2.05, 4.69) is 10.2 Å². The third kappa shape index (κ3) is 6.50. The lowest BCUT2D eigenvalue weighted by atomic mass is 10.1. The minimum Gasteiger partial charge on any atom is -0.497 e. The molecule has 0 bridgehead atoms. The Kier molecular flexibility index (Phi) is 8.98. The number of hydrogen-bond acceptors (Lipinski definition) is 8. The van der Waals surface area contributed by atoms with Crippen LogP contribution in [0.15, 0.2) is 65.8 Å². The van der Waals surface area contributed by atoms with Gasteiger partial charge in [0.15, 0.2) is 16.7 Å². The van der Waals surface area contributed by atoms with Crippen molar-refractivity contribution >= 4 is 35.0 Å². The van der Waals surface area contributed by atoms with Crippen molar-refractivity contribution in [3.05, 3.63) is 97.8 Å². The molecule has 0 saturated carbocycles. The molecule has 1 heterocycles. The second-order valence-corrected chi connectivity index (χ2v) is 10.1. The van der Waals surface area contributed by atoms with Gasteiger partial charge in [-0.2, -0.15) is 0 Å². The monoisotopic (exact) mass is 574 g/mol. The highest BCUT2D eigenvalue weighted by atomic mass is 35.5. The largest absolute Gasteiger partial charge is 0.497 e. The van der Waals surface area contributed by atoms with Crippen molar-refractivity contribution in [3.8, 4) is 22.9 Å². The van der Waals surface area contributed by atoms with Gasteiger partial charge in [0.2, 0.25) is 6.54 Å². The Labute approximate surface area is 233 Å². The summed E-state index contributed by atoms with van der Waals surface area (Å²) in [6.45, 7) is 1.74. The molecule has 1 atom stereocenters. The van der Waals surface area contributed by atoms with Crippen LogP contribution < -0.4 is 14.2 Å². The van der Waals surface area contributed by atoms with Gasteiger partial charge < -0.3 is 14.2 Å². The zero-order chi connectivity index (χ0) is 27.2. The van der Waals surface area contributed by atoms with Crippen molar-refractivity contribution in [2.75, 3.05) is 20.8 Å². The normalized spacial score (nSPS) is 11.7. The van der Waals surface area contributed by atoms with Gasteiger partial charge in [0.1, 0.15) is 23.4 Å². The van der Waals surface area contributed by atoms with Gasteiger partial charge in [-0.1, -0.05) is 47.1 Å². The minimum atomic E-state index is -0.566. The summed E-state index contributed by atoms with van der Waals surface area (Å²) in [6.07, 6.45) is 0. The SMILES string of the molecule is COc1ccc(-n2c(C)nnc2S[C@H](C[N+](=O)[O-])c2ccc(OCc3ccc(Cl)c(Cl)c3)c(OC)c2)cc1. The number of benzene rings is 3. The molecule has 0 aliphatic carbocycles. The Morgan fingerprint density at radius 1 is 0.974 bits per heavy atom. The average molecular weight is 575 g/mol. The highest BCUT2D eigenvalue weighted by Gasteiger charge is 2.25. The molecule has 9 nitrogen and oxygen atoms in total. The molecule has 0 amide bonds. The molecule has 38 heavy (non-hydrogen) atoms. The maximum absolute atomic E-state index is 11.6. The Balaban J connectivity index is 1.59. The maximum Gasteiger partial charge on any atom is 0.220 e. The second kappa shape index (κ2) is 12.4. The van der Waals surface area contributed by atoms with Crippen LogP contribution in [0, 0.1) is 17.0 Å². The molecule has 0 aliphatic heterocycles. The summed E-state index contributed by atoms with van der Waals surface area (Å²) in [5.41, 5.74) is 2.34. The molecule has 4 aromatic rings. The number of thioether (sulfide) groups is 1. The van der Waals surface area contributed by atoms with E-state index in [0.29, 0.717) is 43.8 Å². The molecule has 0 aliphatic rings. The van der Waals surface area contributed by atoms with Gasteiger partial charge in [-0.05, 0) is 66.6 Å². The van der Waals surface area contributed by atoms with Gasteiger partial charge in [-0.3, -0.25) is 14.7 Å². The Morgan fingerprint density at radius 3 is 2.39 bits per heavy atom. The summed E-state index contributed by atoms with van der Waals surface area (Å²) >= 11 is 13.3. The van der Waals surface area contributed by atoms with Crippen LogP contribution in [0.25, 0.3) is 5.69 Å². The van der Waals surface area contributed by atoms with Crippen LogP contribution in [0.5, 0.6) is 17.2 Å². The van der Waals surface area contributed by atoms with E-state index in [-0.39, 0.29) is 18.1 Å². The zero-order valence-corrected chi connectivity index (χ0v) is 23.1. The van der Waals surface area contributed by atoms with Crippen LogP contribution in [0.4, 0.5) is 0 Å². The predicted octanol–water partition coefficient (Wildman–Crippen LogP) is 6.59. The number of aryl methyl sites for hydroxylation is 1. The molecule has 0 saturated heterocycles. The molecule has 4 rings (SSSR count). The second-order valence-electron chi connectivity index (χ2n) is 8.13. The fourth-order valence-corrected chi connectivity index (χ4v) is 5.20.